The van der Waals surface area contributed by atoms with Crippen LogP contribution in [0.25, 0.3) is 0 Å². The van der Waals surface area contributed by atoms with Gasteiger partial charge in [0.05, 0.1) is 16.7 Å². The van der Waals surface area contributed by atoms with Gasteiger partial charge in [-0.15, -0.1) is 12.4 Å². The van der Waals surface area contributed by atoms with Gasteiger partial charge in [0.15, 0.2) is 0 Å². The number of anilines is 2. The van der Waals surface area contributed by atoms with Gasteiger partial charge in [-0.2, -0.15) is 0 Å². The van der Waals surface area contributed by atoms with Gasteiger partial charge >= 0.3 is 0 Å². The van der Waals surface area contributed by atoms with E-state index in [0.717, 1.165) is 24.0 Å². The number of hydrogen-bond donors (Lipinski definition) is 1. The number of aryl methyl sites for hydroxylation is 1. The van der Waals surface area contributed by atoms with Crippen LogP contribution in [0.2, 0.25) is 0 Å². The minimum atomic E-state index is -3.64. The number of sulfonamides is 1. The molecule has 1 aliphatic rings. The van der Waals surface area contributed by atoms with Gasteiger partial charge in [0.1, 0.15) is 5.75 Å². The highest BCUT2D eigenvalue weighted by molar-refractivity contribution is 7.92. The van der Waals surface area contributed by atoms with Crippen molar-refractivity contribution in [1.29, 1.82) is 0 Å². The average Bonchev–Trinajstić information content (AvgIpc) is 2.56. The summed E-state index contributed by atoms with van der Waals surface area (Å²) in [6.07, 6.45) is 1.60. The molecule has 0 saturated heterocycles. The molecule has 0 unspecified atom stereocenters. The monoisotopic (exact) mass is 396 g/mol. The molecule has 0 saturated carbocycles. The normalized spacial score (nSPS) is 13.9. The zero-order valence-corrected chi connectivity index (χ0v) is 16.9. The third kappa shape index (κ3) is 3.76. The first-order chi connectivity index (χ1) is 11.8. The van der Waals surface area contributed by atoms with Crippen LogP contribution in [-0.2, 0) is 16.4 Å². The van der Waals surface area contributed by atoms with E-state index in [4.69, 9.17) is 10.5 Å². The molecule has 0 fully saturated rings. The Morgan fingerprint density at radius 3 is 2.58 bits per heavy atom. The number of nitrogens with two attached hydrogens (primary N) is 1. The predicted molar refractivity (Wildman–Crippen MR) is 108 cm³/mol. The summed E-state index contributed by atoms with van der Waals surface area (Å²) in [5.74, 6) is 0.706. The Labute approximate surface area is 161 Å². The molecule has 0 aromatic heterocycles. The Morgan fingerprint density at radius 2 is 1.92 bits per heavy atom. The van der Waals surface area contributed by atoms with Crippen molar-refractivity contribution in [3.63, 3.8) is 0 Å². The molecule has 0 radical (unpaired) electrons. The van der Waals surface area contributed by atoms with Gasteiger partial charge in [-0.05, 0) is 75.1 Å². The summed E-state index contributed by atoms with van der Waals surface area (Å²) in [5, 5.41) is 0. The molecule has 2 N–H and O–H groups in total. The predicted octanol–water partition coefficient (Wildman–Crippen LogP) is 3.93. The molecule has 0 bridgehead atoms. The van der Waals surface area contributed by atoms with E-state index in [1.807, 2.05) is 32.9 Å². The molecule has 0 amide bonds. The fourth-order valence-electron chi connectivity index (χ4n) is 3.16. The number of rotatable bonds is 4. The van der Waals surface area contributed by atoms with Crippen molar-refractivity contribution < 1.29 is 13.2 Å². The van der Waals surface area contributed by atoms with Crippen molar-refractivity contribution in [3.05, 3.63) is 47.5 Å². The Morgan fingerprint density at radius 1 is 1.19 bits per heavy atom. The van der Waals surface area contributed by atoms with Crippen LogP contribution in [0.4, 0.5) is 11.4 Å². The lowest BCUT2D eigenvalue weighted by molar-refractivity contribution is 0.240. The SMILES string of the molecule is Cc1cc(S(=O)(=O)N2CCCc3c(N)cccc32)ccc1OC(C)C.Cl. The summed E-state index contributed by atoms with van der Waals surface area (Å²) in [6.45, 7) is 6.21. The molecule has 2 aromatic rings. The molecule has 26 heavy (non-hydrogen) atoms. The Hall–Kier alpha value is -1.92. The lowest BCUT2D eigenvalue weighted by Crippen LogP contribution is -2.35. The molecule has 0 aliphatic carbocycles. The zero-order valence-electron chi connectivity index (χ0n) is 15.2. The van der Waals surface area contributed by atoms with Gasteiger partial charge in [0, 0.05) is 12.2 Å². The smallest absolute Gasteiger partial charge is 0.264 e. The van der Waals surface area contributed by atoms with Crippen LogP contribution in [0, 0.1) is 6.92 Å². The van der Waals surface area contributed by atoms with E-state index in [9.17, 15) is 8.42 Å². The topological polar surface area (TPSA) is 72.6 Å². The molecule has 0 spiro atoms. The Kier molecular flexibility index (Phi) is 6.09. The standard InChI is InChI=1S/C19H24N2O3S.ClH/c1-13(2)24-19-10-9-15(12-14(19)3)25(22,23)21-11-5-6-16-17(20)7-4-8-18(16)21;/h4,7-10,12-13H,5-6,11,20H2,1-3H3;1H. The number of fused-ring (bicyclic) bond motifs is 1. The maximum absolute atomic E-state index is 13.2. The van der Waals surface area contributed by atoms with Gasteiger partial charge in [-0.1, -0.05) is 6.07 Å². The first-order valence-electron chi connectivity index (χ1n) is 8.48. The van der Waals surface area contributed by atoms with Crippen molar-refractivity contribution in [2.24, 2.45) is 0 Å². The Balaban J connectivity index is 0.00000243. The third-order valence-electron chi connectivity index (χ3n) is 4.34. The fraction of sp³-hybridized carbons (Fsp3) is 0.368. The number of nitrogen functional groups attached to an aromatic ring is 1. The highest BCUT2D eigenvalue weighted by Crippen LogP contribution is 2.35. The van der Waals surface area contributed by atoms with E-state index in [1.165, 1.54) is 4.31 Å². The second-order valence-electron chi connectivity index (χ2n) is 6.62. The molecule has 7 heteroatoms. The van der Waals surface area contributed by atoms with E-state index in [-0.39, 0.29) is 23.4 Å². The molecular formula is C19H25ClN2O3S. The van der Waals surface area contributed by atoms with E-state index < -0.39 is 10.0 Å². The minimum absolute atomic E-state index is 0. The summed E-state index contributed by atoms with van der Waals surface area (Å²) < 4.78 is 33.6. The van der Waals surface area contributed by atoms with Crippen LogP contribution >= 0.6 is 12.4 Å². The second-order valence-corrected chi connectivity index (χ2v) is 8.48. The molecule has 0 atom stereocenters. The van der Waals surface area contributed by atoms with E-state index in [1.54, 1.807) is 24.3 Å². The molecule has 3 rings (SSSR count). The highest BCUT2D eigenvalue weighted by atomic mass is 35.5. The highest BCUT2D eigenvalue weighted by Gasteiger charge is 2.30. The summed E-state index contributed by atoms with van der Waals surface area (Å²) >= 11 is 0. The summed E-state index contributed by atoms with van der Waals surface area (Å²) in [5.41, 5.74) is 9.09. The molecule has 142 valence electrons. The zero-order chi connectivity index (χ0) is 18.2. The van der Waals surface area contributed by atoms with Gasteiger partial charge in [0.2, 0.25) is 0 Å². The van der Waals surface area contributed by atoms with Gasteiger partial charge in [0.25, 0.3) is 10.0 Å². The largest absolute Gasteiger partial charge is 0.491 e. The van der Waals surface area contributed by atoms with Crippen molar-refractivity contribution >= 4 is 33.8 Å². The molecule has 2 aromatic carbocycles. The fourth-order valence-corrected chi connectivity index (χ4v) is 4.78. The maximum Gasteiger partial charge on any atom is 0.264 e. The minimum Gasteiger partial charge on any atom is -0.491 e. The molecular weight excluding hydrogens is 372 g/mol. The lowest BCUT2D eigenvalue weighted by Gasteiger charge is -2.31. The summed E-state index contributed by atoms with van der Waals surface area (Å²) in [4.78, 5) is 0.274. The maximum atomic E-state index is 13.2. The summed E-state index contributed by atoms with van der Waals surface area (Å²) in [6, 6.07) is 10.5. The van der Waals surface area contributed by atoms with Crippen LogP contribution in [0.1, 0.15) is 31.4 Å². The quantitative estimate of drug-likeness (QED) is 0.794. The Bertz CT molecular complexity index is 898. The average molecular weight is 397 g/mol. The van der Waals surface area contributed by atoms with Crippen LogP contribution in [0.5, 0.6) is 5.75 Å². The number of halogens is 1. The van der Waals surface area contributed by atoms with Crippen molar-refractivity contribution in [2.45, 2.75) is 44.6 Å². The van der Waals surface area contributed by atoms with Crippen molar-refractivity contribution in [1.82, 2.24) is 0 Å². The molecule has 5 nitrogen and oxygen atoms in total. The number of hydrogen-bond acceptors (Lipinski definition) is 4. The number of nitrogens with zero attached hydrogens (tertiary/aromatic N) is 1. The van der Waals surface area contributed by atoms with Crippen molar-refractivity contribution in [3.8, 4) is 5.75 Å². The first-order valence-corrected chi connectivity index (χ1v) is 9.92. The van der Waals surface area contributed by atoms with Crippen LogP contribution in [0.15, 0.2) is 41.3 Å². The lowest BCUT2D eigenvalue weighted by atomic mass is 10.0. The van der Waals surface area contributed by atoms with Crippen LogP contribution in [0.3, 0.4) is 0 Å². The van der Waals surface area contributed by atoms with Crippen molar-refractivity contribution in [2.75, 3.05) is 16.6 Å². The van der Waals surface area contributed by atoms with Gasteiger partial charge in [-0.3, -0.25) is 4.31 Å². The number of benzene rings is 2. The van der Waals surface area contributed by atoms with Gasteiger partial charge < -0.3 is 10.5 Å². The first kappa shape index (κ1) is 20.4. The van der Waals surface area contributed by atoms with Crippen LogP contribution in [-0.4, -0.2) is 21.1 Å². The van der Waals surface area contributed by atoms with Crippen LogP contribution < -0.4 is 14.8 Å². The van der Waals surface area contributed by atoms with E-state index in [0.29, 0.717) is 23.7 Å². The third-order valence-corrected chi connectivity index (χ3v) is 6.15. The molecule has 1 heterocycles. The van der Waals surface area contributed by atoms with E-state index >= 15 is 0 Å². The second kappa shape index (κ2) is 7.76. The summed E-state index contributed by atoms with van der Waals surface area (Å²) in [7, 11) is -3.64. The van der Waals surface area contributed by atoms with Gasteiger partial charge in [-0.25, -0.2) is 8.42 Å². The molecule has 1 aliphatic heterocycles. The number of ether oxygens (including phenoxy) is 1. The van der Waals surface area contributed by atoms with E-state index in [2.05, 4.69) is 0 Å².